The predicted molar refractivity (Wildman–Crippen MR) is 101 cm³/mol. The van der Waals surface area contributed by atoms with Gasteiger partial charge in [-0.1, -0.05) is 59.6 Å². The van der Waals surface area contributed by atoms with Gasteiger partial charge in [-0.15, -0.1) is 0 Å². The van der Waals surface area contributed by atoms with E-state index in [9.17, 15) is 13.5 Å². The Kier molecular flexibility index (Phi) is 5.04. The molecule has 0 aromatic heterocycles. The molecule has 3 nitrogen and oxygen atoms in total. The molecule has 0 radical (unpaired) electrons. The Hall–Kier alpha value is -2.01. The van der Waals surface area contributed by atoms with E-state index in [-0.39, 0.29) is 26.4 Å². The number of phenols is 1. The van der Waals surface area contributed by atoms with E-state index in [4.69, 9.17) is 23.2 Å². The Balaban J connectivity index is 1.99. The quantitative estimate of drug-likeness (QED) is 0.651. The molecule has 6 heteroatoms. The maximum Gasteiger partial charge on any atom is 0.182 e. The van der Waals surface area contributed by atoms with Crippen molar-refractivity contribution in [2.24, 2.45) is 0 Å². The van der Waals surface area contributed by atoms with E-state index in [1.165, 1.54) is 24.3 Å². The van der Waals surface area contributed by atoms with E-state index >= 15 is 0 Å². The zero-order chi connectivity index (χ0) is 18.0. The third-order valence-corrected chi connectivity index (χ3v) is 5.81. The maximum atomic E-state index is 12.7. The maximum absolute atomic E-state index is 12.7. The van der Waals surface area contributed by atoms with Crippen molar-refractivity contribution in [2.45, 2.75) is 10.6 Å². The summed E-state index contributed by atoms with van der Waals surface area (Å²) in [7, 11) is -3.71. The van der Waals surface area contributed by atoms with Crippen molar-refractivity contribution in [2.75, 3.05) is 0 Å². The molecule has 0 fully saturated rings. The number of aromatic hydroxyl groups is 1. The average molecular weight is 393 g/mol. The minimum Gasteiger partial charge on any atom is -0.508 e. The van der Waals surface area contributed by atoms with Crippen molar-refractivity contribution >= 4 is 33.0 Å². The summed E-state index contributed by atoms with van der Waals surface area (Å²) in [6, 6.07) is 18.6. The Morgan fingerprint density at radius 1 is 0.800 bits per heavy atom. The summed E-state index contributed by atoms with van der Waals surface area (Å²) in [6.45, 7) is 0. The highest BCUT2D eigenvalue weighted by molar-refractivity contribution is 7.90. The lowest BCUT2D eigenvalue weighted by Gasteiger charge is -2.10. The highest BCUT2D eigenvalue weighted by atomic mass is 35.5. The fourth-order valence-corrected chi connectivity index (χ4v) is 4.58. The number of phenolic OH excluding ortho intramolecular Hbond substituents is 1. The molecule has 25 heavy (non-hydrogen) atoms. The largest absolute Gasteiger partial charge is 0.508 e. The van der Waals surface area contributed by atoms with Gasteiger partial charge < -0.3 is 5.11 Å². The molecule has 1 N–H and O–H groups in total. The molecule has 0 spiro atoms. The van der Waals surface area contributed by atoms with Gasteiger partial charge in [0.25, 0.3) is 0 Å². The normalized spacial score (nSPS) is 11.4. The van der Waals surface area contributed by atoms with Crippen LogP contribution in [-0.2, 0) is 15.6 Å². The number of hydrogen-bond donors (Lipinski definition) is 1. The van der Waals surface area contributed by atoms with Crippen LogP contribution in [0.4, 0.5) is 0 Å². The lowest BCUT2D eigenvalue weighted by Crippen LogP contribution is -2.05. The smallest absolute Gasteiger partial charge is 0.182 e. The van der Waals surface area contributed by atoms with Crippen LogP contribution in [0.1, 0.15) is 5.56 Å². The van der Waals surface area contributed by atoms with Crippen LogP contribution >= 0.6 is 23.2 Å². The standard InChI is InChI=1S/C19H14Cl2O3S/c20-16-9-17(21)11-18(10-16)25(23,24)12-15-8-14(6-7-19(15)22)13-4-2-1-3-5-13/h1-11,22H,12H2. The van der Waals surface area contributed by atoms with Gasteiger partial charge in [-0.25, -0.2) is 8.42 Å². The number of sulfone groups is 1. The highest BCUT2D eigenvalue weighted by Gasteiger charge is 2.19. The van der Waals surface area contributed by atoms with Gasteiger partial charge >= 0.3 is 0 Å². The molecule has 0 amide bonds. The molecule has 3 aromatic rings. The van der Waals surface area contributed by atoms with Gasteiger partial charge in [0, 0.05) is 15.6 Å². The summed E-state index contributed by atoms with van der Waals surface area (Å²) < 4.78 is 25.4. The molecule has 0 heterocycles. The van der Waals surface area contributed by atoms with Gasteiger partial charge in [0.2, 0.25) is 0 Å². The van der Waals surface area contributed by atoms with E-state index in [0.29, 0.717) is 5.56 Å². The predicted octanol–water partition coefficient (Wildman–Crippen LogP) is 5.34. The Bertz CT molecular complexity index is 996. The summed E-state index contributed by atoms with van der Waals surface area (Å²) in [6.07, 6.45) is 0. The van der Waals surface area contributed by atoms with E-state index in [1.807, 2.05) is 30.3 Å². The number of hydrogen-bond acceptors (Lipinski definition) is 3. The summed E-state index contributed by atoms with van der Waals surface area (Å²) in [5.74, 6) is -0.424. The second-order valence-electron chi connectivity index (χ2n) is 5.57. The summed E-state index contributed by atoms with van der Waals surface area (Å²) in [5.41, 5.74) is 2.08. The molecule has 0 unspecified atom stereocenters. The Morgan fingerprint density at radius 3 is 2.08 bits per heavy atom. The van der Waals surface area contributed by atoms with Crippen LogP contribution in [0.25, 0.3) is 11.1 Å². The van der Waals surface area contributed by atoms with Crippen molar-refractivity contribution in [1.29, 1.82) is 0 Å². The van der Waals surface area contributed by atoms with Crippen LogP contribution in [-0.4, -0.2) is 13.5 Å². The van der Waals surface area contributed by atoms with Crippen LogP contribution < -0.4 is 0 Å². The highest BCUT2D eigenvalue weighted by Crippen LogP contribution is 2.30. The van der Waals surface area contributed by atoms with Gasteiger partial charge in [0.1, 0.15) is 5.75 Å². The first kappa shape index (κ1) is 17.8. The number of benzene rings is 3. The van der Waals surface area contributed by atoms with Gasteiger partial charge in [0.05, 0.1) is 10.6 Å². The molecule has 0 aliphatic heterocycles. The first-order valence-electron chi connectivity index (χ1n) is 7.41. The molecule has 0 bridgehead atoms. The van der Waals surface area contributed by atoms with E-state index in [1.54, 1.807) is 12.1 Å². The Morgan fingerprint density at radius 2 is 1.44 bits per heavy atom. The SMILES string of the molecule is O=S(=O)(Cc1cc(-c2ccccc2)ccc1O)c1cc(Cl)cc(Cl)c1. The zero-order valence-electron chi connectivity index (χ0n) is 13.0. The van der Waals surface area contributed by atoms with Crippen LogP contribution in [0.5, 0.6) is 5.75 Å². The molecule has 3 rings (SSSR count). The molecule has 0 aliphatic carbocycles. The molecule has 128 valence electrons. The van der Waals surface area contributed by atoms with E-state index in [0.717, 1.165) is 11.1 Å². The fraction of sp³-hybridized carbons (Fsp3) is 0.0526. The third kappa shape index (κ3) is 4.15. The second-order valence-corrected chi connectivity index (χ2v) is 8.44. The third-order valence-electron chi connectivity index (χ3n) is 3.73. The summed E-state index contributed by atoms with van der Waals surface area (Å²) in [5, 5.41) is 10.6. The summed E-state index contributed by atoms with van der Waals surface area (Å²) >= 11 is 11.8. The van der Waals surface area contributed by atoms with Crippen molar-refractivity contribution in [3.05, 3.63) is 82.3 Å². The number of halogens is 2. The summed E-state index contributed by atoms with van der Waals surface area (Å²) in [4.78, 5) is 0.0227. The second kappa shape index (κ2) is 7.08. The first-order chi connectivity index (χ1) is 11.8. The minimum absolute atomic E-state index is 0.0227. The Labute approximate surface area is 156 Å². The fourth-order valence-electron chi connectivity index (χ4n) is 2.51. The van der Waals surface area contributed by atoms with Crippen LogP contribution in [0.3, 0.4) is 0 Å². The zero-order valence-corrected chi connectivity index (χ0v) is 15.3. The minimum atomic E-state index is -3.71. The van der Waals surface area contributed by atoms with Gasteiger partial charge in [0.15, 0.2) is 9.84 Å². The molecule has 0 atom stereocenters. The topological polar surface area (TPSA) is 54.4 Å². The van der Waals surface area contributed by atoms with Gasteiger partial charge in [-0.05, 0) is 41.5 Å². The van der Waals surface area contributed by atoms with E-state index in [2.05, 4.69) is 0 Å². The molecule has 0 saturated carbocycles. The van der Waals surface area contributed by atoms with Gasteiger partial charge in [-0.2, -0.15) is 0 Å². The van der Waals surface area contributed by atoms with Crippen LogP contribution in [0, 0.1) is 0 Å². The average Bonchev–Trinajstić information content (AvgIpc) is 2.56. The van der Waals surface area contributed by atoms with Crippen LogP contribution in [0.15, 0.2) is 71.6 Å². The van der Waals surface area contributed by atoms with Crippen molar-refractivity contribution in [3.63, 3.8) is 0 Å². The molecular formula is C19H14Cl2O3S. The van der Waals surface area contributed by atoms with Crippen molar-refractivity contribution < 1.29 is 13.5 Å². The molecular weight excluding hydrogens is 379 g/mol. The lowest BCUT2D eigenvalue weighted by molar-refractivity contribution is 0.470. The molecule has 0 saturated heterocycles. The van der Waals surface area contributed by atoms with Gasteiger partial charge in [-0.3, -0.25) is 0 Å². The monoisotopic (exact) mass is 392 g/mol. The van der Waals surface area contributed by atoms with E-state index < -0.39 is 9.84 Å². The lowest BCUT2D eigenvalue weighted by atomic mass is 10.0. The number of rotatable bonds is 4. The molecule has 3 aromatic carbocycles. The van der Waals surface area contributed by atoms with Crippen LogP contribution in [0.2, 0.25) is 10.0 Å². The van der Waals surface area contributed by atoms with Crippen molar-refractivity contribution in [3.8, 4) is 16.9 Å². The van der Waals surface area contributed by atoms with Crippen molar-refractivity contribution in [1.82, 2.24) is 0 Å². The molecule has 0 aliphatic rings. The first-order valence-corrected chi connectivity index (χ1v) is 9.82.